The molecular formula is C12H26O4P-. The van der Waals surface area contributed by atoms with Gasteiger partial charge in [0.15, 0.2) is 0 Å². The fourth-order valence-electron chi connectivity index (χ4n) is 1.48. The van der Waals surface area contributed by atoms with E-state index in [4.69, 9.17) is 9.05 Å². The first-order chi connectivity index (χ1) is 7.99. The van der Waals surface area contributed by atoms with Crippen LogP contribution >= 0.6 is 7.82 Å². The van der Waals surface area contributed by atoms with Crippen LogP contribution in [-0.2, 0) is 13.6 Å². The molecule has 0 unspecified atom stereocenters. The van der Waals surface area contributed by atoms with Gasteiger partial charge in [-0.1, -0.05) is 53.4 Å². The van der Waals surface area contributed by atoms with Crippen LogP contribution < -0.4 is 4.89 Å². The lowest BCUT2D eigenvalue weighted by Crippen LogP contribution is -2.16. The lowest BCUT2D eigenvalue weighted by Gasteiger charge is -2.26. The Hall–Kier alpha value is 0.110. The van der Waals surface area contributed by atoms with E-state index in [0.29, 0.717) is 0 Å². The van der Waals surface area contributed by atoms with E-state index in [0.717, 1.165) is 25.7 Å². The summed E-state index contributed by atoms with van der Waals surface area (Å²) in [7, 11) is -4.10. The van der Waals surface area contributed by atoms with E-state index in [1.807, 2.05) is 27.7 Å². The highest BCUT2D eigenvalue weighted by Gasteiger charge is 2.14. The maximum absolute atomic E-state index is 11.5. The molecule has 0 amide bonds. The summed E-state index contributed by atoms with van der Waals surface area (Å²) in [6, 6.07) is 0. The van der Waals surface area contributed by atoms with Gasteiger partial charge in [0.2, 0.25) is 0 Å². The molecule has 0 N–H and O–H groups in total. The topological polar surface area (TPSA) is 58.6 Å². The lowest BCUT2D eigenvalue weighted by atomic mass is 10.1. The molecule has 0 aliphatic carbocycles. The summed E-state index contributed by atoms with van der Waals surface area (Å²) in [5.41, 5.74) is 0. The van der Waals surface area contributed by atoms with Crippen molar-refractivity contribution in [3.05, 3.63) is 0 Å². The van der Waals surface area contributed by atoms with E-state index >= 15 is 0 Å². The fraction of sp³-hybridized carbons (Fsp3) is 1.00. The predicted octanol–water partition coefficient (Wildman–Crippen LogP) is 3.36. The minimum absolute atomic E-state index is 0.233. The molecule has 104 valence electrons. The molecule has 17 heavy (non-hydrogen) atoms. The second kappa shape index (κ2) is 9.09. The highest BCUT2D eigenvalue weighted by molar-refractivity contribution is 7.45. The van der Waals surface area contributed by atoms with Crippen molar-refractivity contribution < 1.29 is 18.5 Å². The van der Waals surface area contributed by atoms with Crippen LogP contribution in [0.2, 0.25) is 0 Å². The quantitative estimate of drug-likeness (QED) is 0.568. The Morgan fingerprint density at radius 1 is 0.882 bits per heavy atom. The smallest absolute Gasteiger partial charge is 0.267 e. The van der Waals surface area contributed by atoms with E-state index < -0.39 is 7.82 Å². The largest absolute Gasteiger partial charge is 0.756 e. The molecule has 0 bridgehead atoms. The molecule has 5 heteroatoms. The molecule has 0 saturated heterocycles. The standard InChI is InChI=1S/C12H27O4P/c1-5-11(6-2)9-15-17(13,14)16-10-12(7-3)8-4/h11-12H,5-10H2,1-4H3,(H,13,14)/p-1. The second-order valence-electron chi connectivity index (χ2n) is 4.40. The zero-order chi connectivity index (χ0) is 13.3. The van der Waals surface area contributed by atoms with Crippen molar-refractivity contribution in [1.29, 1.82) is 0 Å². The molecule has 0 heterocycles. The molecule has 0 atom stereocenters. The van der Waals surface area contributed by atoms with Gasteiger partial charge in [0.05, 0.1) is 13.2 Å². The predicted molar refractivity (Wildman–Crippen MR) is 67.7 cm³/mol. The lowest BCUT2D eigenvalue weighted by molar-refractivity contribution is -0.227. The summed E-state index contributed by atoms with van der Waals surface area (Å²) in [4.78, 5) is 11.5. The molecule has 0 aromatic carbocycles. The monoisotopic (exact) mass is 265 g/mol. The van der Waals surface area contributed by atoms with E-state index in [9.17, 15) is 9.46 Å². The minimum Gasteiger partial charge on any atom is -0.756 e. The van der Waals surface area contributed by atoms with Gasteiger partial charge in [0.1, 0.15) is 0 Å². The number of phosphoric acid groups is 1. The van der Waals surface area contributed by atoms with Crippen molar-refractivity contribution in [3.8, 4) is 0 Å². The van der Waals surface area contributed by atoms with E-state index in [2.05, 4.69) is 0 Å². The summed E-state index contributed by atoms with van der Waals surface area (Å²) in [5.74, 6) is 0.572. The van der Waals surface area contributed by atoms with Crippen LogP contribution in [0.25, 0.3) is 0 Å². The molecule has 4 nitrogen and oxygen atoms in total. The van der Waals surface area contributed by atoms with Crippen LogP contribution in [0.4, 0.5) is 0 Å². The maximum atomic E-state index is 11.5. The minimum atomic E-state index is -4.10. The molecule has 0 radical (unpaired) electrons. The molecule has 0 aromatic rings. The van der Waals surface area contributed by atoms with Crippen molar-refractivity contribution in [2.75, 3.05) is 13.2 Å². The molecule has 0 aromatic heterocycles. The molecule has 0 saturated carbocycles. The van der Waals surface area contributed by atoms with Gasteiger partial charge in [-0.3, -0.25) is 4.57 Å². The zero-order valence-corrected chi connectivity index (χ0v) is 12.4. The summed E-state index contributed by atoms with van der Waals surface area (Å²) in [6.07, 6.45) is 3.68. The van der Waals surface area contributed by atoms with Crippen molar-refractivity contribution in [1.82, 2.24) is 0 Å². The Bertz CT molecular complexity index is 205. The molecule has 0 spiro atoms. The van der Waals surface area contributed by atoms with Crippen LogP contribution in [-0.4, -0.2) is 13.2 Å². The van der Waals surface area contributed by atoms with Gasteiger partial charge < -0.3 is 13.9 Å². The molecule has 0 aliphatic rings. The number of hydrogen-bond donors (Lipinski definition) is 0. The normalized spacial score (nSPS) is 12.6. The maximum Gasteiger partial charge on any atom is 0.267 e. The summed E-state index contributed by atoms with van der Waals surface area (Å²) >= 11 is 0. The Balaban J connectivity index is 3.98. The van der Waals surface area contributed by atoms with Crippen LogP contribution in [0.15, 0.2) is 0 Å². The Morgan fingerprint density at radius 2 is 1.18 bits per heavy atom. The van der Waals surface area contributed by atoms with Crippen LogP contribution in [0.5, 0.6) is 0 Å². The van der Waals surface area contributed by atoms with Gasteiger partial charge in [0.25, 0.3) is 7.82 Å². The third-order valence-corrected chi connectivity index (χ3v) is 4.18. The molecule has 0 rings (SSSR count). The SMILES string of the molecule is CCC(CC)COP(=O)([O-])OCC(CC)CC. The van der Waals surface area contributed by atoms with Gasteiger partial charge in [-0.25, -0.2) is 0 Å². The van der Waals surface area contributed by atoms with E-state index in [1.165, 1.54) is 0 Å². The molecule has 0 aliphatic heterocycles. The first kappa shape index (κ1) is 17.1. The highest BCUT2D eigenvalue weighted by Crippen LogP contribution is 2.40. The summed E-state index contributed by atoms with van der Waals surface area (Å²) in [6.45, 7) is 8.57. The van der Waals surface area contributed by atoms with Gasteiger partial charge in [-0.15, -0.1) is 0 Å². The molecular weight excluding hydrogens is 239 g/mol. The van der Waals surface area contributed by atoms with Gasteiger partial charge in [0, 0.05) is 0 Å². The number of rotatable bonds is 10. The van der Waals surface area contributed by atoms with Crippen LogP contribution in [0, 0.1) is 11.8 Å². The third-order valence-electron chi connectivity index (χ3n) is 3.25. The van der Waals surface area contributed by atoms with Crippen LogP contribution in [0.1, 0.15) is 53.4 Å². The Kier molecular flexibility index (Phi) is 9.15. The highest BCUT2D eigenvalue weighted by atomic mass is 31.2. The van der Waals surface area contributed by atoms with Crippen LogP contribution in [0.3, 0.4) is 0 Å². The van der Waals surface area contributed by atoms with Crippen molar-refractivity contribution >= 4 is 7.82 Å². The van der Waals surface area contributed by atoms with E-state index in [-0.39, 0.29) is 25.0 Å². The van der Waals surface area contributed by atoms with Gasteiger partial charge in [-0.05, 0) is 11.8 Å². The summed E-state index contributed by atoms with van der Waals surface area (Å²) in [5, 5.41) is 0. The Morgan fingerprint density at radius 3 is 1.41 bits per heavy atom. The number of hydrogen-bond acceptors (Lipinski definition) is 4. The average Bonchev–Trinajstić information content (AvgIpc) is 2.31. The van der Waals surface area contributed by atoms with Gasteiger partial charge >= 0.3 is 0 Å². The number of phosphoric ester groups is 1. The zero-order valence-electron chi connectivity index (χ0n) is 11.5. The average molecular weight is 265 g/mol. The Labute approximate surface area is 105 Å². The fourth-order valence-corrected chi connectivity index (χ4v) is 2.34. The van der Waals surface area contributed by atoms with Crippen molar-refractivity contribution in [3.63, 3.8) is 0 Å². The first-order valence-electron chi connectivity index (χ1n) is 6.59. The van der Waals surface area contributed by atoms with Crippen molar-refractivity contribution in [2.45, 2.75) is 53.4 Å². The van der Waals surface area contributed by atoms with Crippen molar-refractivity contribution in [2.24, 2.45) is 11.8 Å². The second-order valence-corrected chi connectivity index (χ2v) is 5.81. The third kappa shape index (κ3) is 7.93. The summed E-state index contributed by atoms with van der Waals surface area (Å²) < 4.78 is 21.3. The first-order valence-corrected chi connectivity index (χ1v) is 8.05. The van der Waals surface area contributed by atoms with Gasteiger partial charge in [-0.2, -0.15) is 0 Å². The van der Waals surface area contributed by atoms with E-state index in [1.54, 1.807) is 0 Å². The molecule has 0 fully saturated rings.